The quantitative estimate of drug-likeness (QED) is 0.229. The first-order valence-corrected chi connectivity index (χ1v) is 11.5. The largest absolute Gasteiger partial charge is 0.325 e. The Morgan fingerprint density at radius 1 is 1.03 bits per heavy atom. The molecule has 1 N–H and O–H groups in total. The fourth-order valence-electron chi connectivity index (χ4n) is 3.31. The number of Topliss-reactive ketones (excluding diaryl/α,β-unsaturated/α-hetero) is 1. The van der Waals surface area contributed by atoms with Gasteiger partial charge in [-0.05, 0) is 56.3 Å². The molecule has 8 heteroatoms. The minimum Gasteiger partial charge on any atom is -0.325 e. The molecule has 0 bridgehead atoms. The van der Waals surface area contributed by atoms with Crippen LogP contribution in [0.5, 0.6) is 0 Å². The number of anilines is 1. The van der Waals surface area contributed by atoms with Crippen LogP contribution in [0.3, 0.4) is 0 Å². The Morgan fingerprint density at radius 2 is 1.79 bits per heavy atom. The molecule has 0 spiro atoms. The highest BCUT2D eigenvalue weighted by Gasteiger charge is 2.21. The van der Waals surface area contributed by atoms with Crippen molar-refractivity contribution in [3.63, 3.8) is 0 Å². The Labute approximate surface area is 199 Å². The summed E-state index contributed by atoms with van der Waals surface area (Å²) < 4.78 is 1.47. The maximum absolute atomic E-state index is 13.3. The lowest BCUT2D eigenvalue weighted by Gasteiger charge is -2.17. The van der Waals surface area contributed by atoms with E-state index >= 15 is 0 Å². The zero-order chi connectivity index (χ0) is 23.5. The molecule has 0 fully saturated rings. The minimum atomic E-state index is -0.579. The van der Waals surface area contributed by atoms with Crippen LogP contribution in [0.1, 0.15) is 24.2 Å². The Morgan fingerprint density at radius 3 is 2.55 bits per heavy atom. The second-order valence-electron chi connectivity index (χ2n) is 7.42. The van der Waals surface area contributed by atoms with Crippen LogP contribution < -0.4 is 10.9 Å². The number of aromatic nitrogens is 2. The lowest BCUT2D eigenvalue weighted by atomic mass is 10.1. The molecule has 1 aromatic heterocycles. The van der Waals surface area contributed by atoms with Crippen molar-refractivity contribution in [3.05, 3.63) is 93.7 Å². The molecule has 0 radical (unpaired) electrons. The number of halogens is 1. The standard InChI is InChI=1S/C25H20ClN3O3S/c1-15(30)17-7-5-9-19(13-17)27-23(31)16(2)33-25-28-22-12-4-3-11-21(22)24(32)29(25)20-10-6-8-18(26)14-20/h3-14,16H,1-2H3,(H,27,31). The number of nitrogens with one attached hydrogen (secondary N) is 1. The monoisotopic (exact) mass is 477 g/mol. The molecule has 0 aliphatic rings. The van der Waals surface area contributed by atoms with E-state index < -0.39 is 5.25 Å². The molecule has 0 aliphatic carbocycles. The highest BCUT2D eigenvalue weighted by atomic mass is 35.5. The number of fused-ring (bicyclic) bond motifs is 1. The summed E-state index contributed by atoms with van der Waals surface area (Å²) in [5, 5.41) is 3.58. The molecular formula is C25H20ClN3O3S. The summed E-state index contributed by atoms with van der Waals surface area (Å²) in [6.45, 7) is 3.21. The van der Waals surface area contributed by atoms with Crippen LogP contribution >= 0.6 is 23.4 Å². The lowest BCUT2D eigenvalue weighted by Crippen LogP contribution is -2.26. The van der Waals surface area contributed by atoms with E-state index in [-0.39, 0.29) is 17.2 Å². The number of benzene rings is 3. The van der Waals surface area contributed by atoms with Crippen LogP contribution in [0.15, 0.2) is 82.7 Å². The van der Waals surface area contributed by atoms with Crippen LogP contribution in [-0.2, 0) is 4.79 Å². The third-order valence-electron chi connectivity index (χ3n) is 5.00. The van der Waals surface area contributed by atoms with Crippen molar-refractivity contribution < 1.29 is 9.59 Å². The van der Waals surface area contributed by atoms with E-state index in [1.165, 1.54) is 23.3 Å². The van der Waals surface area contributed by atoms with Gasteiger partial charge in [0.15, 0.2) is 10.9 Å². The van der Waals surface area contributed by atoms with Gasteiger partial charge in [0.1, 0.15) is 0 Å². The van der Waals surface area contributed by atoms with Gasteiger partial charge in [0.25, 0.3) is 5.56 Å². The number of thioether (sulfide) groups is 1. The van der Waals surface area contributed by atoms with Gasteiger partial charge >= 0.3 is 0 Å². The topological polar surface area (TPSA) is 81.1 Å². The molecule has 0 saturated carbocycles. The minimum absolute atomic E-state index is 0.0839. The number of carbonyl (C=O) groups is 2. The molecule has 1 unspecified atom stereocenters. The van der Waals surface area contributed by atoms with E-state index in [1.807, 2.05) is 6.07 Å². The highest BCUT2D eigenvalue weighted by Crippen LogP contribution is 2.27. The molecule has 1 heterocycles. The van der Waals surface area contributed by atoms with Crippen LogP contribution in [0.4, 0.5) is 5.69 Å². The van der Waals surface area contributed by atoms with E-state index in [1.54, 1.807) is 73.7 Å². The second kappa shape index (κ2) is 9.60. The fraction of sp³-hybridized carbons (Fsp3) is 0.120. The molecule has 166 valence electrons. The second-order valence-corrected chi connectivity index (χ2v) is 9.16. The first kappa shape index (κ1) is 22.8. The summed E-state index contributed by atoms with van der Waals surface area (Å²) in [5.41, 5.74) is 1.91. The van der Waals surface area contributed by atoms with Crippen molar-refractivity contribution in [1.82, 2.24) is 9.55 Å². The highest BCUT2D eigenvalue weighted by molar-refractivity contribution is 8.00. The van der Waals surface area contributed by atoms with Gasteiger partial charge in [-0.3, -0.25) is 19.0 Å². The lowest BCUT2D eigenvalue weighted by molar-refractivity contribution is -0.115. The summed E-state index contributed by atoms with van der Waals surface area (Å²) in [6.07, 6.45) is 0. The molecule has 6 nitrogen and oxygen atoms in total. The van der Waals surface area contributed by atoms with Gasteiger partial charge in [0.05, 0.1) is 21.8 Å². The molecule has 1 atom stereocenters. The summed E-state index contributed by atoms with van der Waals surface area (Å²) >= 11 is 7.34. The van der Waals surface area contributed by atoms with Crippen LogP contribution in [0.25, 0.3) is 16.6 Å². The van der Waals surface area contributed by atoms with Gasteiger partial charge in [-0.25, -0.2) is 4.98 Å². The number of rotatable bonds is 6. The van der Waals surface area contributed by atoms with E-state index in [9.17, 15) is 14.4 Å². The summed E-state index contributed by atoms with van der Waals surface area (Å²) in [4.78, 5) is 42.5. The zero-order valence-corrected chi connectivity index (χ0v) is 19.5. The Bertz CT molecular complexity index is 1430. The molecule has 0 aliphatic heterocycles. The van der Waals surface area contributed by atoms with Crippen molar-refractivity contribution in [3.8, 4) is 5.69 Å². The molecule has 4 aromatic rings. The average molecular weight is 478 g/mol. The van der Waals surface area contributed by atoms with Gasteiger partial charge in [0.2, 0.25) is 5.91 Å². The number of carbonyl (C=O) groups excluding carboxylic acids is 2. The number of amides is 1. The SMILES string of the molecule is CC(=O)c1cccc(NC(=O)C(C)Sc2nc3ccccc3c(=O)n2-c2cccc(Cl)c2)c1. The molecule has 33 heavy (non-hydrogen) atoms. The van der Waals surface area contributed by atoms with Crippen molar-refractivity contribution in [2.75, 3.05) is 5.32 Å². The average Bonchev–Trinajstić information content (AvgIpc) is 2.79. The molecule has 0 saturated heterocycles. The molecule has 3 aromatic carbocycles. The molecule has 1 amide bonds. The summed E-state index contributed by atoms with van der Waals surface area (Å²) in [5.74, 6) is -0.361. The first-order valence-electron chi connectivity index (χ1n) is 10.2. The number of hydrogen-bond donors (Lipinski definition) is 1. The normalized spacial score (nSPS) is 11.8. The third kappa shape index (κ3) is 4.99. The number of nitrogens with zero attached hydrogens (tertiary/aromatic N) is 2. The van der Waals surface area contributed by atoms with Crippen molar-refractivity contribution in [2.45, 2.75) is 24.3 Å². The van der Waals surface area contributed by atoms with Gasteiger partial charge in [-0.15, -0.1) is 0 Å². The van der Waals surface area contributed by atoms with Gasteiger partial charge in [-0.1, -0.05) is 53.7 Å². The maximum atomic E-state index is 13.3. The van der Waals surface area contributed by atoms with Gasteiger partial charge in [-0.2, -0.15) is 0 Å². The Hall–Kier alpha value is -3.42. The summed E-state index contributed by atoms with van der Waals surface area (Å²) in [6, 6.07) is 20.8. The predicted octanol–water partition coefficient (Wildman–Crippen LogP) is 5.36. The van der Waals surface area contributed by atoms with Crippen LogP contribution in [-0.4, -0.2) is 26.5 Å². The Kier molecular flexibility index (Phi) is 6.62. The first-order chi connectivity index (χ1) is 15.8. The number of hydrogen-bond acceptors (Lipinski definition) is 5. The van der Waals surface area contributed by atoms with E-state index in [0.29, 0.717) is 38.0 Å². The van der Waals surface area contributed by atoms with Gasteiger partial charge < -0.3 is 5.32 Å². The van der Waals surface area contributed by atoms with Crippen LogP contribution in [0, 0.1) is 0 Å². The van der Waals surface area contributed by atoms with E-state index in [0.717, 1.165) is 0 Å². The number of ketones is 1. The maximum Gasteiger partial charge on any atom is 0.266 e. The van der Waals surface area contributed by atoms with Crippen molar-refractivity contribution in [2.24, 2.45) is 0 Å². The third-order valence-corrected chi connectivity index (χ3v) is 6.29. The fourth-order valence-corrected chi connectivity index (χ4v) is 4.42. The smallest absolute Gasteiger partial charge is 0.266 e. The molecule has 4 rings (SSSR count). The summed E-state index contributed by atoms with van der Waals surface area (Å²) in [7, 11) is 0. The molecular weight excluding hydrogens is 458 g/mol. The Balaban J connectivity index is 1.69. The van der Waals surface area contributed by atoms with Crippen LogP contribution in [0.2, 0.25) is 5.02 Å². The zero-order valence-electron chi connectivity index (χ0n) is 17.9. The number of para-hydroxylation sites is 1. The van der Waals surface area contributed by atoms with E-state index in [2.05, 4.69) is 10.3 Å². The van der Waals surface area contributed by atoms with Crippen molar-refractivity contribution >= 4 is 51.6 Å². The predicted molar refractivity (Wildman–Crippen MR) is 133 cm³/mol. The van der Waals surface area contributed by atoms with E-state index in [4.69, 9.17) is 11.6 Å². The van der Waals surface area contributed by atoms with Crippen molar-refractivity contribution in [1.29, 1.82) is 0 Å². The van der Waals surface area contributed by atoms with Gasteiger partial charge in [0, 0.05) is 16.3 Å².